The summed E-state index contributed by atoms with van der Waals surface area (Å²) in [5.41, 5.74) is 1.15. The zero-order valence-electron chi connectivity index (χ0n) is 8.82. The molecule has 0 aromatic carbocycles. The van der Waals surface area contributed by atoms with Crippen LogP contribution in [0.5, 0.6) is 0 Å². The zero-order valence-corrected chi connectivity index (χ0v) is 9.63. The summed E-state index contributed by atoms with van der Waals surface area (Å²) in [7, 11) is 3.60. The molecule has 2 heterocycles. The molecule has 1 atom stereocenters. The van der Waals surface area contributed by atoms with E-state index in [0.29, 0.717) is 0 Å². The van der Waals surface area contributed by atoms with Crippen LogP contribution in [0.2, 0.25) is 0 Å². The quantitative estimate of drug-likeness (QED) is 0.790. The number of hydrogen-bond acceptors (Lipinski definition) is 4. The smallest absolute Gasteiger partial charge is 0.407 e. The minimum absolute atomic E-state index is 0.134. The van der Waals surface area contributed by atoms with Crippen LogP contribution in [-0.2, 0) is 11.3 Å². The summed E-state index contributed by atoms with van der Waals surface area (Å²) >= 11 is 1.71. The number of carbonyl (C=O) groups is 1. The van der Waals surface area contributed by atoms with Gasteiger partial charge in [0.15, 0.2) is 0 Å². The lowest BCUT2D eigenvalue weighted by Crippen LogP contribution is -2.33. The van der Waals surface area contributed by atoms with Crippen molar-refractivity contribution in [3.05, 3.63) is 21.9 Å². The SMILES string of the molecule is CNC(=O)OC1CN(C)Cc2sccc21. The Bertz CT molecular complexity index is 364. The predicted octanol–water partition coefficient (Wildman–Crippen LogP) is 1.59. The van der Waals surface area contributed by atoms with Crippen molar-refractivity contribution in [1.82, 2.24) is 10.2 Å². The van der Waals surface area contributed by atoms with E-state index in [4.69, 9.17) is 4.74 Å². The van der Waals surface area contributed by atoms with Crippen molar-refractivity contribution in [3.63, 3.8) is 0 Å². The Balaban J connectivity index is 2.16. The van der Waals surface area contributed by atoms with Crippen molar-refractivity contribution in [1.29, 1.82) is 0 Å². The maximum atomic E-state index is 11.2. The Labute approximate surface area is 92.8 Å². The topological polar surface area (TPSA) is 41.6 Å². The number of thiophene rings is 1. The van der Waals surface area contributed by atoms with E-state index in [2.05, 4.69) is 10.2 Å². The van der Waals surface area contributed by atoms with Gasteiger partial charge in [0.25, 0.3) is 0 Å². The average molecular weight is 226 g/mol. The normalized spacial score (nSPS) is 20.8. The summed E-state index contributed by atoms with van der Waals surface area (Å²) in [5.74, 6) is 0. The molecule has 1 unspecified atom stereocenters. The van der Waals surface area contributed by atoms with Gasteiger partial charge in [0.05, 0.1) is 0 Å². The molecule has 0 saturated heterocycles. The van der Waals surface area contributed by atoms with E-state index in [-0.39, 0.29) is 12.2 Å². The summed E-state index contributed by atoms with van der Waals surface area (Å²) in [6.45, 7) is 1.71. The first kappa shape index (κ1) is 10.4. The monoisotopic (exact) mass is 226 g/mol. The summed E-state index contributed by atoms with van der Waals surface area (Å²) in [4.78, 5) is 14.6. The molecule has 0 spiro atoms. The van der Waals surface area contributed by atoms with E-state index in [9.17, 15) is 4.79 Å². The zero-order chi connectivity index (χ0) is 10.8. The standard InChI is InChI=1S/C10H14N2O2S/c1-11-10(13)14-8-5-12(2)6-9-7(8)3-4-15-9/h3-4,8H,5-6H2,1-2H3,(H,11,13). The Morgan fingerprint density at radius 3 is 3.27 bits per heavy atom. The van der Waals surface area contributed by atoms with Crippen molar-refractivity contribution in [2.24, 2.45) is 0 Å². The first-order valence-corrected chi connectivity index (χ1v) is 5.72. The number of nitrogens with zero attached hydrogens (tertiary/aromatic N) is 1. The van der Waals surface area contributed by atoms with Gasteiger partial charge < -0.3 is 10.1 Å². The molecule has 82 valence electrons. The van der Waals surface area contributed by atoms with Crippen molar-refractivity contribution in [2.45, 2.75) is 12.6 Å². The van der Waals surface area contributed by atoms with Gasteiger partial charge in [-0.15, -0.1) is 11.3 Å². The summed E-state index contributed by atoms with van der Waals surface area (Å²) < 4.78 is 5.31. The molecule has 1 aromatic rings. The van der Waals surface area contributed by atoms with Crippen LogP contribution in [-0.4, -0.2) is 31.6 Å². The number of ether oxygens (including phenoxy) is 1. The van der Waals surface area contributed by atoms with E-state index < -0.39 is 0 Å². The minimum atomic E-state index is -0.368. The number of likely N-dealkylation sites (N-methyl/N-ethyl adjacent to an activating group) is 1. The van der Waals surface area contributed by atoms with Gasteiger partial charge in [-0.2, -0.15) is 0 Å². The third-order valence-electron chi connectivity index (χ3n) is 2.47. The lowest BCUT2D eigenvalue weighted by Gasteiger charge is -2.29. The molecule has 1 N–H and O–H groups in total. The van der Waals surface area contributed by atoms with Crippen LogP contribution < -0.4 is 5.32 Å². The van der Waals surface area contributed by atoms with E-state index >= 15 is 0 Å². The van der Waals surface area contributed by atoms with Crippen LogP contribution >= 0.6 is 11.3 Å². The van der Waals surface area contributed by atoms with E-state index in [1.165, 1.54) is 4.88 Å². The molecule has 1 aliphatic rings. The number of fused-ring (bicyclic) bond motifs is 1. The molecule has 1 amide bonds. The van der Waals surface area contributed by atoms with Gasteiger partial charge in [0.1, 0.15) is 6.10 Å². The van der Waals surface area contributed by atoms with Crippen molar-refractivity contribution < 1.29 is 9.53 Å². The number of rotatable bonds is 1. The summed E-state index contributed by atoms with van der Waals surface area (Å²) in [6.07, 6.45) is -0.502. The van der Waals surface area contributed by atoms with Crippen LogP contribution in [0.15, 0.2) is 11.4 Å². The maximum absolute atomic E-state index is 11.2. The number of alkyl carbamates (subject to hydrolysis) is 1. The lowest BCUT2D eigenvalue weighted by atomic mass is 10.1. The van der Waals surface area contributed by atoms with Crippen LogP contribution in [0.25, 0.3) is 0 Å². The van der Waals surface area contributed by atoms with Crippen molar-refractivity contribution >= 4 is 17.4 Å². The van der Waals surface area contributed by atoms with Gasteiger partial charge in [0.2, 0.25) is 0 Å². The van der Waals surface area contributed by atoms with Gasteiger partial charge in [0, 0.05) is 30.6 Å². The number of hydrogen-bond donors (Lipinski definition) is 1. The van der Waals surface area contributed by atoms with Crippen LogP contribution in [0.1, 0.15) is 16.5 Å². The molecule has 1 aromatic heterocycles. The molecule has 1 aliphatic heterocycles. The molecule has 2 rings (SSSR count). The third kappa shape index (κ3) is 2.13. The van der Waals surface area contributed by atoms with Gasteiger partial charge in [-0.3, -0.25) is 4.90 Å². The fourth-order valence-electron chi connectivity index (χ4n) is 1.75. The van der Waals surface area contributed by atoms with E-state index in [1.807, 2.05) is 18.5 Å². The molecule has 5 heteroatoms. The van der Waals surface area contributed by atoms with Gasteiger partial charge in [-0.25, -0.2) is 4.79 Å². The molecular formula is C10H14N2O2S. The molecule has 0 saturated carbocycles. The van der Waals surface area contributed by atoms with Crippen LogP contribution in [0.3, 0.4) is 0 Å². The molecule has 4 nitrogen and oxygen atoms in total. The highest BCUT2D eigenvalue weighted by Gasteiger charge is 2.26. The Hall–Kier alpha value is -1.07. The number of amides is 1. The summed E-state index contributed by atoms with van der Waals surface area (Å²) in [6, 6.07) is 2.04. The highest BCUT2D eigenvalue weighted by Crippen LogP contribution is 2.32. The molecule has 0 fully saturated rings. The molecule has 15 heavy (non-hydrogen) atoms. The average Bonchev–Trinajstić information content (AvgIpc) is 2.65. The van der Waals surface area contributed by atoms with Gasteiger partial charge >= 0.3 is 6.09 Å². The van der Waals surface area contributed by atoms with E-state index in [0.717, 1.165) is 18.7 Å². The fraction of sp³-hybridized carbons (Fsp3) is 0.500. The van der Waals surface area contributed by atoms with E-state index in [1.54, 1.807) is 18.4 Å². The number of nitrogens with one attached hydrogen (secondary N) is 1. The first-order chi connectivity index (χ1) is 7.20. The summed E-state index contributed by atoms with van der Waals surface area (Å²) in [5, 5.41) is 4.52. The molecule has 0 bridgehead atoms. The third-order valence-corrected chi connectivity index (χ3v) is 3.39. The second-order valence-corrected chi connectivity index (χ2v) is 4.64. The largest absolute Gasteiger partial charge is 0.440 e. The highest BCUT2D eigenvalue weighted by atomic mass is 32.1. The van der Waals surface area contributed by atoms with Gasteiger partial charge in [-0.05, 0) is 18.5 Å². The molecule has 0 aliphatic carbocycles. The number of carbonyl (C=O) groups excluding carboxylic acids is 1. The Morgan fingerprint density at radius 2 is 2.53 bits per heavy atom. The van der Waals surface area contributed by atoms with Crippen molar-refractivity contribution in [3.8, 4) is 0 Å². The Morgan fingerprint density at radius 1 is 1.73 bits per heavy atom. The van der Waals surface area contributed by atoms with Crippen molar-refractivity contribution in [2.75, 3.05) is 20.6 Å². The first-order valence-electron chi connectivity index (χ1n) is 4.84. The van der Waals surface area contributed by atoms with Crippen LogP contribution in [0.4, 0.5) is 4.79 Å². The molecular weight excluding hydrogens is 212 g/mol. The van der Waals surface area contributed by atoms with Gasteiger partial charge in [-0.1, -0.05) is 0 Å². The Kier molecular flexibility index (Phi) is 2.93. The molecule has 0 radical (unpaired) electrons. The fourth-order valence-corrected chi connectivity index (χ4v) is 2.76. The van der Waals surface area contributed by atoms with Crippen LogP contribution in [0, 0.1) is 0 Å². The second-order valence-electron chi connectivity index (χ2n) is 3.64. The highest BCUT2D eigenvalue weighted by molar-refractivity contribution is 7.10. The second kappa shape index (κ2) is 4.20. The predicted molar refractivity (Wildman–Crippen MR) is 58.9 cm³/mol. The maximum Gasteiger partial charge on any atom is 0.407 e. The minimum Gasteiger partial charge on any atom is -0.440 e. The lowest BCUT2D eigenvalue weighted by molar-refractivity contribution is 0.0674.